The van der Waals surface area contributed by atoms with Gasteiger partial charge in [-0.1, -0.05) is 26.0 Å². The van der Waals surface area contributed by atoms with E-state index in [1.807, 2.05) is 0 Å². The minimum Gasteiger partial charge on any atom is -0.493 e. The lowest BCUT2D eigenvalue weighted by atomic mass is 10.3. The zero-order chi connectivity index (χ0) is 19.3. The average molecular weight is 380 g/mol. The predicted molar refractivity (Wildman–Crippen MR) is 96.3 cm³/mol. The van der Waals surface area contributed by atoms with Gasteiger partial charge in [-0.15, -0.1) is 0 Å². The lowest BCUT2D eigenvalue weighted by Crippen LogP contribution is -2.30. The van der Waals surface area contributed by atoms with Gasteiger partial charge in [-0.2, -0.15) is 4.31 Å². The Hall–Kier alpha value is -2.65. The average Bonchev–Trinajstić information content (AvgIpc) is 2.63. The van der Waals surface area contributed by atoms with Crippen LogP contribution in [-0.2, 0) is 10.0 Å². The summed E-state index contributed by atoms with van der Waals surface area (Å²) in [5.74, 6) is 0.622. The van der Waals surface area contributed by atoms with Gasteiger partial charge < -0.3 is 9.47 Å². The van der Waals surface area contributed by atoms with Gasteiger partial charge >= 0.3 is 5.69 Å². The molecule has 9 heteroatoms. The number of hydrogen-bond acceptors (Lipinski definition) is 6. The van der Waals surface area contributed by atoms with E-state index in [1.165, 1.54) is 23.5 Å². The van der Waals surface area contributed by atoms with Gasteiger partial charge in [0.05, 0.1) is 16.9 Å². The molecule has 0 saturated heterocycles. The van der Waals surface area contributed by atoms with Gasteiger partial charge in [0.2, 0.25) is 15.8 Å². The molecule has 0 aliphatic carbocycles. The molecule has 2 aromatic carbocycles. The summed E-state index contributed by atoms with van der Waals surface area (Å²) in [6.45, 7) is 3.95. The molecule has 0 unspecified atom stereocenters. The third-order valence-corrected chi connectivity index (χ3v) is 5.81. The highest BCUT2D eigenvalue weighted by Gasteiger charge is 2.26. The monoisotopic (exact) mass is 380 g/mol. The number of hydrogen-bond donors (Lipinski definition) is 0. The van der Waals surface area contributed by atoms with Gasteiger partial charge in [0.25, 0.3) is 0 Å². The summed E-state index contributed by atoms with van der Waals surface area (Å²) in [5.41, 5.74) is -0.441. The Morgan fingerprint density at radius 3 is 2.19 bits per heavy atom. The van der Waals surface area contributed by atoms with E-state index in [9.17, 15) is 18.5 Å². The van der Waals surface area contributed by atoms with E-state index in [2.05, 4.69) is 0 Å². The molecule has 0 amide bonds. The van der Waals surface area contributed by atoms with Crippen molar-refractivity contribution in [2.75, 3.05) is 20.2 Å². The fourth-order valence-electron chi connectivity index (χ4n) is 2.42. The van der Waals surface area contributed by atoms with Crippen LogP contribution in [0.1, 0.15) is 13.8 Å². The summed E-state index contributed by atoms with van der Waals surface area (Å²) in [7, 11) is -2.36. The highest BCUT2D eigenvalue weighted by Crippen LogP contribution is 2.37. The summed E-state index contributed by atoms with van der Waals surface area (Å²) >= 11 is 0. The second kappa shape index (κ2) is 8.15. The summed E-state index contributed by atoms with van der Waals surface area (Å²) < 4.78 is 37.2. The molecule has 0 bridgehead atoms. The first-order chi connectivity index (χ1) is 12.3. The smallest absolute Gasteiger partial charge is 0.312 e. The molecule has 140 valence electrons. The van der Waals surface area contributed by atoms with E-state index >= 15 is 0 Å². The minimum absolute atomic E-state index is 0.0713. The van der Waals surface area contributed by atoms with E-state index in [0.29, 0.717) is 5.75 Å². The van der Waals surface area contributed by atoms with Crippen molar-refractivity contribution in [3.8, 4) is 17.2 Å². The Balaban J connectivity index is 2.49. The molecule has 0 N–H and O–H groups in total. The number of ether oxygens (including phenoxy) is 2. The first kappa shape index (κ1) is 19.7. The topological polar surface area (TPSA) is 99.0 Å². The molecule has 8 nitrogen and oxygen atoms in total. The van der Waals surface area contributed by atoms with Crippen molar-refractivity contribution in [3.05, 3.63) is 52.6 Å². The Morgan fingerprint density at radius 1 is 1.04 bits per heavy atom. The van der Waals surface area contributed by atoms with Crippen molar-refractivity contribution < 1.29 is 22.8 Å². The summed E-state index contributed by atoms with van der Waals surface area (Å²) in [6.07, 6.45) is 0. The molecule has 2 aromatic rings. The van der Waals surface area contributed by atoms with E-state index in [1.54, 1.807) is 38.1 Å². The number of nitro benzene ring substituents is 1. The number of nitrogens with zero attached hydrogens (tertiary/aromatic N) is 2. The Labute approximate surface area is 152 Å². The van der Waals surface area contributed by atoms with E-state index in [4.69, 9.17) is 9.47 Å². The van der Waals surface area contributed by atoms with Crippen LogP contribution in [0.3, 0.4) is 0 Å². The summed E-state index contributed by atoms with van der Waals surface area (Å²) in [6, 6.07) is 10.3. The quantitative estimate of drug-likeness (QED) is 0.514. The third-order valence-electron chi connectivity index (χ3n) is 3.76. The predicted octanol–water partition coefficient (Wildman–Crippen LogP) is 3.43. The number of methoxy groups -OCH3 is 1. The van der Waals surface area contributed by atoms with Crippen LogP contribution < -0.4 is 9.47 Å². The number of nitro groups is 1. The molecule has 0 fully saturated rings. The fourth-order valence-corrected chi connectivity index (χ4v) is 3.90. The molecule has 0 saturated carbocycles. The van der Waals surface area contributed by atoms with Gasteiger partial charge in [0, 0.05) is 19.2 Å². The molecule has 0 aliphatic rings. The van der Waals surface area contributed by atoms with Crippen molar-refractivity contribution in [1.29, 1.82) is 0 Å². The highest BCUT2D eigenvalue weighted by molar-refractivity contribution is 7.89. The Morgan fingerprint density at radius 2 is 1.65 bits per heavy atom. The first-order valence-electron chi connectivity index (χ1n) is 7.94. The van der Waals surface area contributed by atoms with Gasteiger partial charge in [-0.3, -0.25) is 10.1 Å². The van der Waals surface area contributed by atoms with Crippen LogP contribution in [0.15, 0.2) is 47.4 Å². The number of benzene rings is 2. The fraction of sp³-hybridized carbons (Fsp3) is 0.294. The van der Waals surface area contributed by atoms with Crippen LogP contribution >= 0.6 is 0 Å². The largest absolute Gasteiger partial charge is 0.493 e. The maximum Gasteiger partial charge on any atom is 0.312 e. The molecular weight excluding hydrogens is 360 g/mol. The number of para-hydroxylation sites is 2. The number of rotatable bonds is 8. The molecular formula is C17H20N2O6S. The summed E-state index contributed by atoms with van der Waals surface area (Å²) in [5, 5.41) is 11.4. The first-order valence-corrected chi connectivity index (χ1v) is 9.38. The van der Waals surface area contributed by atoms with E-state index < -0.39 is 20.6 Å². The van der Waals surface area contributed by atoms with Crippen molar-refractivity contribution >= 4 is 15.7 Å². The molecule has 2 rings (SSSR count). The zero-order valence-electron chi connectivity index (χ0n) is 14.7. The molecule has 0 aliphatic heterocycles. The van der Waals surface area contributed by atoms with Crippen LogP contribution in [0.25, 0.3) is 0 Å². The van der Waals surface area contributed by atoms with Gasteiger partial charge in [-0.05, 0) is 24.3 Å². The second-order valence-electron chi connectivity index (χ2n) is 5.23. The molecule has 0 aromatic heterocycles. The van der Waals surface area contributed by atoms with Crippen LogP contribution in [0.4, 0.5) is 5.69 Å². The number of sulfonamides is 1. The second-order valence-corrected chi connectivity index (χ2v) is 7.17. The van der Waals surface area contributed by atoms with Gasteiger partial charge in [0.15, 0.2) is 11.5 Å². The van der Waals surface area contributed by atoms with Crippen molar-refractivity contribution in [1.82, 2.24) is 4.31 Å². The highest BCUT2D eigenvalue weighted by atomic mass is 32.2. The van der Waals surface area contributed by atoms with Crippen molar-refractivity contribution in [3.63, 3.8) is 0 Å². The molecule has 0 spiro atoms. The standard InChI is InChI=1S/C17H20N2O6S/c1-4-18(5-2)26(22,23)13-10-11-15(14(12-13)19(20)21)25-17-9-7-6-8-16(17)24-3/h6-12H,4-5H2,1-3H3. The van der Waals surface area contributed by atoms with Crippen LogP contribution in [0.5, 0.6) is 17.2 Å². The minimum atomic E-state index is -3.81. The zero-order valence-corrected chi connectivity index (χ0v) is 15.5. The third kappa shape index (κ3) is 3.94. The van der Waals surface area contributed by atoms with Crippen molar-refractivity contribution in [2.24, 2.45) is 0 Å². The molecule has 0 heterocycles. The SMILES string of the molecule is CCN(CC)S(=O)(=O)c1ccc(Oc2ccccc2OC)c([N+](=O)[O-])c1. The normalized spacial score (nSPS) is 11.4. The van der Waals surface area contributed by atoms with Crippen LogP contribution in [0.2, 0.25) is 0 Å². The lowest BCUT2D eigenvalue weighted by molar-refractivity contribution is -0.385. The maximum absolute atomic E-state index is 12.6. The lowest BCUT2D eigenvalue weighted by Gasteiger charge is -2.18. The Bertz CT molecular complexity index is 894. The van der Waals surface area contributed by atoms with E-state index in [0.717, 1.165) is 6.07 Å². The molecule has 26 heavy (non-hydrogen) atoms. The van der Waals surface area contributed by atoms with Crippen molar-refractivity contribution in [2.45, 2.75) is 18.7 Å². The molecule has 0 atom stereocenters. The Kier molecular flexibility index (Phi) is 6.17. The maximum atomic E-state index is 12.6. The van der Waals surface area contributed by atoms with E-state index in [-0.39, 0.29) is 29.5 Å². The molecule has 0 radical (unpaired) electrons. The van der Waals surface area contributed by atoms with Crippen LogP contribution in [-0.4, -0.2) is 37.8 Å². The van der Waals surface area contributed by atoms with Crippen LogP contribution in [0, 0.1) is 10.1 Å². The summed E-state index contributed by atoms with van der Waals surface area (Å²) in [4.78, 5) is 10.6. The van der Waals surface area contributed by atoms with Gasteiger partial charge in [0.1, 0.15) is 0 Å². The van der Waals surface area contributed by atoms with Gasteiger partial charge in [-0.25, -0.2) is 8.42 Å².